The lowest BCUT2D eigenvalue weighted by molar-refractivity contribution is -0.426. The summed E-state index contributed by atoms with van der Waals surface area (Å²) in [5, 5.41) is 10.8. The van der Waals surface area contributed by atoms with Gasteiger partial charge in [0.05, 0.1) is 4.92 Å². The maximum Gasteiger partial charge on any atom is 0.247 e. The number of nitrogens with zero attached hydrogens (tertiary/aromatic N) is 1. The smallest absolute Gasteiger partial charge is 0.247 e. The molecular weight excluding hydrogens is 286 g/mol. The average Bonchev–Trinajstić information content (AvgIpc) is 2.26. The van der Waals surface area contributed by atoms with Gasteiger partial charge in [0.2, 0.25) is 5.70 Å². The monoisotopic (exact) mass is 297 g/mol. The maximum atomic E-state index is 10.8. The van der Waals surface area contributed by atoms with Gasteiger partial charge in [0.15, 0.2) is 0 Å². The zero-order chi connectivity index (χ0) is 12.8. The molecular formula is C12H12BrNO3. The first kappa shape index (κ1) is 13.6. The Balaban J connectivity index is 2.86. The zero-order valence-corrected chi connectivity index (χ0v) is 10.9. The van der Waals surface area contributed by atoms with Crippen LogP contribution in [0.3, 0.4) is 0 Å². The van der Waals surface area contributed by atoms with Gasteiger partial charge in [0, 0.05) is 23.4 Å². The summed E-state index contributed by atoms with van der Waals surface area (Å²) in [5.74, 6) is -0.0476. The number of carbonyl (C=O) groups is 1. The van der Waals surface area contributed by atoms with Gasteiger partial charge < -0.3 is 4.79 Å². The first-order valence-corrected chi connectivity index (χ1v) is 5.88. The fraction of sp³-hybridized carbons (Fsp3) is 0.250. The molecule has 0 N–H and O–H groups in total. The van der Waals surface area contributed by atoms with E-state index in [1.165, 1.54) is 13.0 Å². The highest BCUT2D eigenvalue weighted by atomic mass is 79.9. The highest BCUT2D eigenvalue weighted by Crippen LogP contribution is 2.15. The average molecular weight is 298 g/mol. The van der Waals surface area contributed by atoms with Crippen LogP contribution in [-0.4, -0.2) is 10.7 Å². The third-order valence-corrected chi connectivity index (χ3v) is 2.70. The first-order chi connectivity index (χ1) is 7.99. The van der Waals surface area contributed by atoms with Gasteiger partial charge in [0.1, 0.15) is 5.78 Å². The lowest BCUT2D eigenvalue weighted by Gasteiger charge is -1.98. The fourth-order valence-corrected chi connectivity index (χ4v) is 1.54. The highest BCUT2D eigenvalue weighted by Gasteiger charge is 2.11. The molecule has 0 amide bonds. The van der Waals surface area contributed by atoms with E-state index in [2.05, 4.69) is 15.9 Å². The van der Waals surface area contributed by atoms with E-state index in [4.69, 9.17) is 0 Å². The first-order valence-electron chi connectivity index (χ1n) is 5.09. The molecule has 0 heterocycles. The minimum absolute atomic E-state index is 0.0476. The minimum Gasteiger partial charge on any atom is -0.300 e. The number of halogens is 1. The van der Waals surface area contributed by atoms with E-state index in [1.54, 1.807) is 12.1 Å². The molecule has 0 radical (unpaired) electrons. The van der Waals surface area contributed by atoms with Gasteiger partial charge in [-0.25, -0.2) is 0 Å². The maximum absolute atomic E-state index is 10.8. The van der Waals surface area contributed by atoms with Gasteiger partial charge in [0.25, 0.3) is 0 Å². The molecule has 1 aromatic rings. The van der Waals surface area contributed by atoms with Crippen molar-refractivity contribution in [2.75, 3.05) is 0 Å². The number of rotatable bonds is 5. The number of ketones is 1. The van der Waals surface area contributed by atoms with Crippen LogP contribution in [0.5, 0.6) is 0 Å². The van der Waals surface area contributed by atoms with Crippen LogP contribution in [0, 0.1) is 10.1 Å². The summed E-state index contributed by atoms with van der Waals surface area (Å²) in [6, 6.07) is 7.19. The van der Waals surface area contributed by atoms with Crippen LogP contribution in [0.1, 0.15) is 25.3 Å². The van der Waals surface area contributed by atoms with Gasteiger partial charge in [-0.15, -0.1) is 0 Å². The number of Topliss-reactive ketones (excluding diaryl/α,β-unsaturated/α-hetero) is 1. The Labute approximate surface area is 108 Å². The molecule has 17 heavy (non-hydrogen) atoms. The minimum atomic E-state index is -0.439. The number of carbonyl (C=O) groups excluding carboxylic acids is 1. The van der Waals surface area contributed by atoms with Crippen molar-refractivity contribution in [3.63, 3.8) is 0 Å². The molecule has 0 aliphatic heterocycles. The topological polar surface area (TPSA) is 60.2 Å². The van der Waals surface area contributed by atoms with Crippen molar-refractivity contribution in [3.8, 4) is 0 Å². The predicted octanol–water partition coefficient (Wildman–Crippen LogP) is 3.44. The Kier molecular flexibility index (Phi) is 5.03. The second-order valence-corrected chi connectivity index (χ2v) is 4.56. The molecule has 0 aromatic heterocycles. The largest absolute Gasteiger partial charge is 0.300 e. The van der Waals surface area contributed by atoms with Crippen molar-refractivity contribution in [2.45, 2.75) is 19.8 Å². The van der Waals surface area contributed by atoms with Gasteiger partial charge >= 0.3 is 0 Å². The molecule has 5 heteroatoms. The van der Waals surface area contributed by atoms with Crippen molar-refractivity contribution >= 4 is 27.8 Å². The Morgan fingerprint density at radius 2 is 1.94 bits per heavy atom. The predicted molar refractivity (Wildman–Crippen MR) is 69.0 cm³/mol. The van der Waals surface area contributed by atoms with Crippen molar-refractivity contribution in [1.82, 2.24) is 0 Å². The van der Waals surface area contributed by atoms with Gasteiger partial charge in [-0.3, -0.25) is 10.1 Å². The van der Waals surface area contributed by atoms with E-state index in [0.717, 1.165) is 10.0 Å². The normalized spacial score (nSPS) is 11.3. The SMILES string of the molecule is CC(=O)CC/C(=C\c1ccc(Br)cc1)[N+](=O)[O-]. The molecule has 0 aliphatic rings. The van der Waals surface area contributed by atoms with Crippen LogP contribution in [0.4, 0.5) is 0 Å². The van der Waals surface area contributed by atoms with E-state index in [-0.39, 0.29) is 24.3 Å². The summed E-state index contributed by atoms with van der Waals surface area (Å²) in [4.78, 5) is 21.2. The van der Waals surface area contributed by atoms with Crippen LogP contribution in [-0.2, 0) is 4.79 Å². The van der Waals surface area contributed by atoms with Crippen LogP contribution in [0.25, 0.3) is 6.08 Å². The summed E-state index contributed by atoms with van der Waals surface area (Å²) in [6.07, 6.45) is 1.86. The van der Waals surface area contributed by atoms with Gasteiger partial charge in [-0.2, -0.15) is 0 Å². The van der Waals surface area contributed by atoms with Crippen LogP contribution in [0.2, 0.25) is 0 Å². The second kappa shape index (κ2) is 6.30. The molecule has 1 aromatic carbocycles. The Bertz CT molecular complexity index is 451. The fourth-order valence-electron chi connectivity index (χ4n) is 1.27. The molecule has 0 saturated carbocycles. The van der Waals surface area contributed by atoms with E-state index in [9.17, 15) is 14.9 Å². The lowest BCUT2D eigenvalue weighted by Crippen LogP contribution is -2.01. The summed E-state index contributed by atoms with van der Waals surface area (Å²) >= 11 is 3.29. The van der Waals surface area contributed by atoms with Crippen molar-refractivity contribution in [2.24, 2.45) is 0 Å². The van der Waals surface area contributed by atoms with Crippen molar-refractivity contribution < 1.29 is 9.72 Å². The summed E-state index contributed by atoms with van der Waals surface area (Å²) in [5.41, 5.74) is 0.811. The van der Waals surface area contributed by atoms with Gasteiger partial charge in [-0.1, -0.05) is 28.1 Å². The molecule has 0 unspecified atom stereocenters. The number of nitro groups is 1. The van der Waals surface area contributed by atoms with E-state index in [1.807, 2.05) is 12.1 Å². The van der Waals surface area contributed by atoms with Crippen molar-refractivity contribution in [1.29, 1.82) is 0 Å². The van der Waals surface area contributed by atoms with Crippen LogP contribution in [0.15, 0.2) is 34.4 Å². The quantitative estimate of drug-likeness (QED) is 0.618. The Morgan fingerprint density at radius 3 is 2.41 bits per heavy atom. The molecule has 0 atom stereocenters. The van der Waals surface area contributed by atoms with E-state index < -0.39 is 4.92 Å². The van der Waals surface area contributed by atoms with Crippen LogP contribution < -0.4 is 0 Å². The number of hydrogen-bond donors (Lipinski definition) is 0. The number of hydrogen-bond acceptors (Lipinski definition) is 3. The summed E-state index contributed by atoms with van der Waals surface area (Å²) < 4.78 is 0.918. The summed E-state index contributed by atoms with van der Waals surface area (Å²) in [7, 11) is 0. The van der Waals surface area contributed by atoms with Crippen molar-refractivity contribution in [3.05, 3.63) is 50.1 Å². The molecule has 0 fully saturated rings. The third-order valence-electron chi connectivity index (χ3n) is 2.17. The molecule has 0 spiro atoms. The van der Waals surface area contributed by atoms with E-state index >= 15 is 0 Å². The molecule has 0 bridgehead atoms. The molecule has 0 saturated heterocycles. The highest BCUT2D eigenvalue weighted by molar-refractivity contribution is 9.10. The Hall–Kier alpha value is -1.49. The Morgan fingerprint density at radius 1 is 1.35 bits per heavy atom. The van der Waals surface area contributed by atoms with Crippen LogP contribution >= 0.6 is 15.9 Å². The lowest BCUT2D eigenvalue weighted by atomic mass is 10.1. The van der Waals surface area contributed by atoms with E-state index in [0.29, 0.717) is 0 Å². The molecule has 90 valence electrons. The molecule has 1 rings (SSSR count). The standard InChI is InChI=1S/C12H12BrNO3/c1-9(15)2-7-12(14(16)17)8-10-3-5-11(13)6-4-10/h3-6,8H,2,7H2,1H3/b12-8+. The number of benzene rings is 1. The summed E-state index contributed by atoms with van der Waals surface area (Å²) in [6.45, 7) is 1.43. The second-order valence-electron chi connectivity index (χ2n) is 3.65. The number of allylic oxidation sites excluding steroid dienone is 1. The third kappa shape index (κ3) is 4.91. The molecule has 0 aliphatic carbocycles. The zero-order valence-electron chi connectivity index (χ0n) is 9.35. The van der Waals surface area contributed by atoms with Gasteiger partial charge in [-0.05, 0) is 24.6 Å². The molecule has 4 nitrogen and oxygen atoms in total.